The first kappa shape index (κ1) is 15.0. The number of hydrogen-bond donors (Lipinski definition) is 1. The standard InChI is InChI=1S/C15H23N3OS/c1-3-4-5-6-7-8-11-18-14-12(16-15(18)20)9-10-13(17-14)19-2/h9-10H,3-8,11H2,1-2H3,(H,16,20). The molecule has 0 unspecified atom stereocenters. The fourth-order valence-corrected chi connectivity index (χ4v) is 2.67. The van der Waals surface area contributed by atoms with Crippen LogP contribution in [0.25, 0.3) is 11.2 Å². The molecule has 5 heteroatoms. The molecule has 2 aromatic rings. The maximum Gasteiger partial charge on any atom is 0.215 e. The molecule has 110 valence electrons. The molecule has 2 aromatic heterocycles. The Bertz CT molecular complexity index is 603. The summed E-state index contributed by atoms with van der Waals surface area (Å²) in [5.74, 6) is 0.628. The van der Waals surface area contributed by atoms with Gasteiger partial charge < -0.3 is 14.3 Å². The summed E-state index contributed by atoms with van der Waals surface area (Å²) >= 11 is 5.38. The first-order valence-electron chi connectivity index (χ1n) is 7.39. The molecule has 0 bridgehead atoms. The Labute approximate surface area is 125 Å². The second kappa shape index (κ2) is 7.43. The highest BCUT2D eigenvalue weighted by atomic mass is 32.1. The van der Waals surface area contributed by atoms with E-state index in [9.17, 15) is 0 Å². The Kier molecular flexibility index (Phi) is 5.59. The van der Waals surface area contributed by atoms with E-state index in [1.165, 1.54) is 32.1 Å². The van der Waals surface area contributed by atoms with Gasteiger partial charge in [-0.3, -0.25) is 0 Å². The van der Waals surface area contributed by atoms with Crippen molar-refractivity contribution < 1.29 is 4.74 Å². The van der Waals surface area contributed by atoms with Gasteiger partial charge in [-0.15, -0.1) is 0 Å². The van der Waals surface area contributed by atoms with Gasteiger partial charge in [0, 0.05) is 12.6 Å². The number of aromatic nitrogens is 3. The van der Waals surface area contributed by atoms with Crippen LogP contribution in [0.2, 0.25) is 0 Å². The highest BCUT2D eigenvalue weighted by Gasteiger charge is 2.07. The van der Waals surface area contributed by atoms with E-state index in [1.807, 2.05) is 12.1 Å². The summed E-state index contributed by atoms with van der Waals surface area (Å²) in [6, 6.07) is 3.82. The van der Waals surface area contributed by atoms with E-state index in [4.69, 9.17) is 17.0 Å². The SMILES string of the molecule is CCCCCCCCn1c(=S)[nH]c2ccc(OC)nc21. The lowest BCUT2D eigenvalue weighted by atomic mass is 10.1. The molecule has 1 N–H and O–H groups in total. The predicted octanol–water partition coefficient (Wildman–Crippen LogP) is 4.46. The minimum absolute atomic E-state index is 0.628. The van der Waals surface area contributed by atoms with Crippen LogP contribution < -0.4 is 4.74 Å². The average Bonchev–Trinajstić information content (AvgIpc) is 2.77. The maximum atomic E-state index is 5.38. The summed E-state index contributed by atoms with van der Waals surface area (Å²) in [6.45, 7) is 3.16. The molecule has 0 aliphatic rings. The molecule has 0 atom stereocenters. The second-order valence-electron chi connectivity index (χ2n) is 5.07. The van der Waals surface area contributed by atoms with Crippen molar-refractivity contribution in [2.45, 2.75) is 52.0 Å². The third-order valence-corrected chi connectivity index (χ3v) is 3.86. The van der Waals surface area contributed by atoms with Crippen molar-refractivity contribution >= 4 is 23.4 Å². The molecule has 2 heterocycles. The number of aryl methyl sites for hydroxylation is 1. The van der Waals surface area contributed by atoms with Crippen LogP contribution in [0.1, 0.15) is 45.4 Å². The Morgan fingerprint density at radius 1 is 1.20 bits per heavy atom. The van der Waals surface area contributed by atoms with Gasteiger partial charge in [-0.1, -0.05) is 39.0 Å². The zero-order chi connectivity index (χ0) is 14.4. The van der Waals surface area contributed by atoms with Crippen LogP contribution in [0, 0.1) is 4.77 Å². The van der Waals surface area contributed by atoms with E-state index in [1.54, 1.807) is 7.11 Å². The van der Waals surface area contributed by atoms with Crippen LogP contribution in [-0.2, 0) is 6.54 Å². The summed E-state index contributed by atoms with van der Waals surface area (Å²) in [7, 11) is 1.63. The molecule has 0 amide bonds. The lowest BCUT2D eigenvalue weighted by molar-refractivity contribution is 0.399. The first-order chi connectivity index (χ1) is 9.76. The topological polar surface area (TPSA) is 42.8 Å². The number of fused-ring (bicyclic) bond motifs is 1. The number of unbranched alkanes of at least 4 members (excludes halogenated alkanes) is 5. The number of rotatable bonds is 8. The smallest absolute Gasteiger partial charge is 0.215 e. The van der Waals surface area contributed by atoms with Gasteiger partial charge in [-0.25, -0.2) is 0 Å². The number of ether oxygens (including phenoxy) is 1. The third-order valence-electron chi connectivity index (χ3n) is 3.54. The Morgan fingerprint density at radius 2 is 1.95 bits per heavy atom. The van der Waals surface area contributed by atoms with Gasteiger partial charge in [-0.05, 0) is 24.7 Å². The van der Waals surface area contributed by atoms with Crippen molar-refractivity contribution in [2.75, 3.05) is 7.11 Å². The first-order valence-corrected chi connectivity index (χ1v) is 7.80. The maximum absolute atomic E-state index is 5.38. The molecule has 0 aliphatic heterocycles. The molecule has 0 aliphatic carbocycles. The normalized spacial score (nSPS) is 11.1. The minimum atomic E-state index is 0.628. The van der Waals surface area contributed by atoms with E-state index in [2.05, 4.69) is 21.5 Å². The molecule has 0 saturated heterocycles. The van der Waals surface area contributed by atoms with E-state index in [0.29, 0.717) is 5.88 Å². The van der Waals surface area contributed by atoms with E-state index >= 15 is 0 Å². The zero-order valence-electron chi connectivity index (χ0n) is 12.3. The summed E-state index contributed by atoms with van der Waals surface area (Å²) < 4.78 is 8.01. The lowest BCUT2D eigenvalue weighted by Gasteiger charge is -2.05. The van der Waals surface area contributed by atoms with Gasteiger partial charge >= 0.3 is 0 Å². The van der Waals surface area contributed by atoms with E-state index in [-0.39, 0.29) is 0 Å². The van der Waals surface area contributed by atoms with Crippen molar-refractivity contribution in [3.05, 3.63) is 16.9 Å². The van der Waals surface area contributed by atoms with Crippen molar-refractivity contribution in [3.8, 4) is 5.88 Å². The van der Waals surface area contributed by atoms with Crippen LogP contribution in [0.15, 0.2) is 12.1 Å². The molecule has 0 spiro atoms. The van der Waals surface area contributed by atoms with Gasteiger partial charge in [-0.2, -0.15) is 4.98 Å². The fraction of sp³-hybridized carbons (Fsp3) is 0.600. The molecule has 20 heavy (non-hydrogen) atoms. The van der Waals surface area contributed by atoms with Crippen LogP contribution >= 0.6 is 12.2 Å². The van der Waals surface area contributed by atoms with Crippen LogP contribution in [-0.4, -0.2) is 21.6 Å². The number of nitrogens with one attached hydrogen (secondary N) is 1. The Balaban J connectivity index is 2.01. The molecule has 2 rings (SSSR count). The zero-order valence-corrected chi connectivity index (χ0v) is 13.1. The summed E-state index contributed by atoms with van der Waals surface area (Å²) in [4.78, 5) is 7.68. The number of pyridine rings is 1. The largest absolute Gasteiger partial charge is 0.481 e. The van der Waals surface area contributed by atoms with Gasteiger partial charge in [0.25, 0.3) is 0 Å². The Morgan fingerprint density at radius 3 is 2.70 bits per heavy atom. The van der Waals surface area contributed by atoms with Gasteiger partial charge in [0.05, 0.1) is 12.6 Å². The summed E-state index contributed by atoms with van der Waals surface area (Å²) in [5.41, 5.74) is 1.87. The van der Waals surface area contributed by atoms with Crippen LogP contribution in [0.3, 0.4) is 0 Å². The Hall–Kier alpha value is -1.36. The monoisotopic (exact) mass is 293 g/mol. The minimum Gasteiger partial charge on any atom is -0.481 e. The molecule has 0 radical (unpaired) electrons. The molecular weight excluding hydrogens is 270 g/mol. The average molecular weight is 293 g/mol. The predicted molar refractivity (Wildman–Crippen MR) is 84.8 cm³/mol. The molecule has 0 fully saturated rings. The highest BCUT2D eigenvalue weighted by molar-refractivity contribution is 7.71. The van der Waals surface area contributed by atoms with Crippen LogP contribution in [0.5, 0.6) is 5.88 Å². The lowest BCUT2D eigenvalue weighted by Crippen LogP contribution is -2.00. The molecule has 0 aromatic carbocycles. The number of imidazole rings is 1. The van der Waals surface area contributed by atoms with Crippen molar-refractivity contribution in [1.82, 2.24) is 14.5 Å². The number of aromatic amines is 1. The van der Waals surface area contributed by atoms with Gasteiger partial charge in [0.2, 0.25) is 5.88 Å². The van der Waals surface area contributed by atoms with Crippen molar-refractivity contribution in [1.29, 1.82) is 0 Å². The van der Waals surface area contributed by atoms with Gasteiger partial charge in [0.1, 0.15) is 0 Å². The second-order valence-corrected chi connectivity index (χ2v) is 5.46. The highest BCUT2D eigenvalue weighted by Crippen LogP contribution is 2.17. The number of H-pyrrole nitrogens is 1. The van der Waals surface area contributed by atoms with Crippen LogP contribution in [0.4, 0.5) is 0 Å². The summed E-state index contributed by atoms with van der Waals surface area (Å²) in [6.07, 6.45) is 7.66. The third kappa shape index (κ3) is 3.60. The number of methoxy groups -OCH3 is 1. The van der Waals surface area contributed by atoms with E-state index in [0.717, 1.165) is 28.9 Å². The fourth-order valence-electron chi connectivity index (χ4n) is 2.38. The molecular formula is C15H23N3OS. The summed E-state index contributed by atoms with van der Waals surface area (Å²) in [5, 5.41) is 0. The van der Waals surface area contributed by atoms with Crippen molar-refractivity contribution in [2.24, 2.45) is 0 Å². The number of hydrogen-bond acceptors (Lipinski definition) is 3. The number of nitrogens with zero attached hydrogens (tertiary/aromatic N) is 2. The molecule has 4 nitrogen and oxygen atoms in total. The quantitative estimate of drug-likeness (QED) is 0.577. The van der Waals surface area contributed by atoms with Gasteiger partial charge in [0.15, 0.2) is 10.4 Å². The molecule has 0 saturated carbocycles. The van der Waals surface area contributed by atoms with E-state index < -0.39 is 0 Å². The van der Waals surface area contributed by atoms with Crippen molar-refractivity contribution in [3.63, 3.8) is 0 Å².